The Hall–Kier alpha value is -3.45. The minimum atomic E-state index is -0.384. The highest BCUT2D eigenvalue weighted by atomic mass is 16.5. The maximum atomic E-state index is 12.0. The van der Waals surface area contributed by atoms with Crippen LogP contribution >= 0.6 is 0 Å². The van der Waals surface area contributed by atoms with Crippen molar-refractivity contribution in [2.75, 3.05) is 32.3 Å². The van der Waals surface area contributed by atoms with Gasteiger partial charge in [-0.15, -0.1) is 0 Å². The molecule has 5 rings (SSSR count). The van der Waals surface area contributed by atoms with Gasteiger partial charge in [0.2, 0.25) is 0 Å². The van der Waals surface area contributed by atoms with Crippen molar-refractivity contribution < 1.29 is 14.3 Å². The van der Waals surface area contributed by atoms with Crippen LogP contribution in [-0.2, 0) is 9.47 Å². The van der Waals surface area contributed by atoms with E-state index in [1.807, 2.05) is 12.3 Å². The summed E-state index contributed by atoms with van der Waals surface area (Å²) in [6.45, 7) is 1.53. The minimum absolute atomic E-state index is 0.246. The SMILES string of the molecule is COC[C@H]1CCCN1c1nc2cc(C(=O)OC)ccc2nc1-c1ccc2[nH]ccc2c1. The van der Waals surface area contributed by atoms with E-state index in [1.165, 1.54) is 7.11 Å². The molecule has 1 aliphatic rings. The van der Waals surface area contributed by atoms with Gasteiger partial charge in [0.05, 0.1) is 36.4 Å². The summed E-state index contributed by atoms with van der Waals surface area (Å²) in [7, 11) is 3.11. The van der Waals surface area contributed by atoms with Gasteiger partial charge in [-0.25, -0.2) is 14.8 Å². The fraction of sp³-hybridized carbons (Fsp3) is 0.292. The number of aromatic amines is 1. The number of hydrogen-bond donors (Lipinski definition) is 1. The molecule has 158 valence electrons. The first-order valence-electron chi connectivity index (χ1n) is 10.4. The molecule has 1 fully saturated rings. The van der Waals surface area contributed by atoms with Crippen molar-refractivity contribution in [2.24, 2.45) is 0 Å². The molecule has 4 aromatic rings. The number of nitrogens with one attached hydrogen (secondary N) is 1. The Bertz CT molecular complexity index is 1270. The number of carbonyl (C=O) groups is 1. The second-order valence-corrected chi connectivity index (χ2v) is 7.82. The minimum Gasteiger partial charge on any atom is -0.465 e. The molecule has 1 N–H and O–H groups in total. The summed E-state index contributed by atoms with van der Waals surface area (Å²) in [5.41, 5.74) is 4.81. The van der Waals surface area contributed by atoms with E-state index in [0.717, 1.165) is 52.9 Å². The molecule has 3 heterocycles. The number of ether oxygens (including phenoxy) is 2. The highest BCUT2D eigenvalue weighted by molar-refractivity contribution is 5.95. The smallest absolute Gasteiger partial charge is 0.337 e. The third kappa shape index (κ3) is 3.51. The van der Waals surface area contributed by atoms with E-state index in [9.17, 15) is 4.79 Å². The fourth-order valence-electron chi connectivity index (χ4n) is 4.36. The Balaban J connectivity index is 1.70. The van der Waals surface area contributed by atoms with Gasteiger partial charge >= 0.3 is 5.97 Å². The van der Waals surface area contributed by atoms with Crippen LogP contribution in [-0.4, -0.2) is 54.3 Å². The number of hydrogen-bond acceptors (Lipinski definition) is 6. The molecular formula is C24H24N4O3. The van der Waals surface area contributed by atoms with Gasteiger partial charge in [-0.05, 0) is 49.2 Å². The number of H-pyrrole nitrogens is 1. The van der Waals surface area contributed by atoms with E-state index >= 15 is 0 Å². The molecular weight excluding hydrogens is 392 g/mol. The standard InChI is InChI=1S/C24H24N4O3/c1-30-14-18-4-3-11-28(18)23-22(16-5-7-19-15(12-16)9-10-25-19)26-20-8-6-17(24(29)31-2)13-21(20)27-23/h5-10,12-13,18,25H,3-4,11,14H2,1-2H3/t18-/m1/s1. The summed E-state index contributed by atoms with van der Waals surface area (Å²) >= 11 is 0. The lowest BCUT2D eigenvalue weighted by atomic mass is 10.1. The van der Waals surface area contributed by atoms with Crippen LogP contribution in [0, 0.1) is 0 Å². The quantitative estimate of drug-likeness (QED) is 0.492. The first-order chi connectivity index (χ1) is 15.2. The second kappa shape index (κ2) is 8.00. The van der Waals surface area contributed by atoms with Crippen LogP contribution in [0.3, 0.4) is 0 Å². The van der Waals surface area contributed by atoms with Gasteiger partial charge in [0, 0.05) is 36.3 Å². The number of benzene rings is 2. The number of anilines is 1. The van der Waals surface area contributed by atoms with Crippen LogP contribution in [0.5, 0.6) is 0 Å². The van der Waals surface area contributed by atoms with Crippen LogP contribution < -0.4 is 4.90 Å². The summed E-state index contributed by atoms with van der Waals surface area (Å²) in [5.74, 6) is 0.439. The number of fused-ring (bicyclic) bond motifs is 2. The van der Waals surface area contributed by atoms with Crippen molar-refractivity contribution >= 4 is 33.7 Å². The summed E-state index contributed by atoms with van der Waals surface area (Å²) in [5, 5.41) is 1.13. The van der Waals surface area contributed by atoms with Gasteiger partial charge in [-0.2, -0.15) is 0 Å². The molecule has 0 aliphatic carbocycles. The Morgan fingerprint density at radius 1 is 1.13 bits per heavy atom. The summed E-state index contributed by atoms with van der Waals surface area (Å²) in [6.07, 6.45) is 4.06. The number of nitrogens with zero attached hydrogens (tertiary/aromatic N) is 3. The van der Waals surface area contributed by atoms with Gasteiger partial charge < -0.3 is 19.4 Å². The number of rotatable bonds is 5. The Kier molecular flexibility index (Phi) is 5.03. The zero-order chi connectivity index (χ0) is 21.4. The molecule has 0 spiro atoms. The van der Waals surface area contributed by atoms with E-state index in [-0.39, 0.29) is 12.0 Å². The zero-order valence-electron chi connectivity index (χ0n) is 17.6. The molecule has 0 bridgehead atoms. The molecule has 0 saturated carbocycles. The van der Waals surface area contributed by atoms with Crippen LogP contribution in [0.1, 0.15) is 23.2 Å². The predicted octanol–water partition coefficient (Wildman–Crippen LogP) is 4.18. The van der Waals surface area contributed by atoms with Crippen LogP contribution in [0.4, 0.5) is 5.82 Å². The molecule has 0 unspecified atom stereocenters. The topological polar surface area (TPSA) is 80.3 Å². The first-order valence-corrected chi connectivity index (χ1v) is 10.4. The van der Waals surface area contributed by atoms with E-state index < -0.39 is 0 Å². The van der Waals surface area contributed by atoms with E-state index in [1.54, 1.807) is 19.2 Å². The first kappa shape index (κ1) is 19.5. The molecule has 31 heavy (non-hydrogen) atoms. The van der Waals surface area contributed by atoms with Crippen molar-refractivity contribution in [1.29, 1.82) is 0 Å². The Morgan fingerprint density at radius 3 is 2.87 bits per heavy atom. The van der Waals surface area contributed by atoms with Gasteiger partial charge in [-0.1, -0.05) is 6.07 Å². The predicted molar refractivity (Wildman–Crippen MR) is 120 cm³/mol. The summed E-state index contributed by atoms with van der Waals surface area (Å²) < 4.78 is 10.3. The highest BCUT2D eigenvalue weighted by Crippen LogP contribution is 2.35. The van der Waals surface area contributed by atoms with E-state index in [2.05, 4.69) is 34.1 Å². The van der Waals surface area contributed by atoms with Gasteiger partial charge in [0.1, 0.15) is 5.69 Å². The molecule has 1 atom stereocenters. The van der Waals surface area contributed by atoms with Crippen molar-refractivity contribution in [1.82, 2.24) is 15.0 Å². The normalized spacial score (nSPS) is 16.3. The highest BCUT2D eigenvalue weighted by Gasteiger charge is 2.29. The molecule has 2 aromatic heterocycles. The van der Waals surface area contributed by atoms with Crippen LogP contribution in [0.2, 0.25) is 0 Å². The molecule has 1 aliphatic heterocycles. The van der Waals surface area contributed by atoms with Crippen LogP contribution in [0.15, 0.2) is 48.7 Å². The lowest BCUT2D eigenvalue weighted by Crippen LogP contribution is -2.34. The van der Waals surface area contributed by atoms with Gasteiger partial charge in [0.25, 0.3) is 0 Å². The third-order valence-corrected chi connectivity index (χ3v) is 5.90. The van der Waals surface area contributed by atoms with Crippen molar-refractivity contribution in [3.63, 3.8) is 0 Å². The fourth-order valence-corrected chi connectivity index (χ4v) is 4.36. The van der Waals surface area contributed by atoms with Crippen molar-refractivity contribution in [3.05, 3.63) is 54.2 Å². The van der Waals surface area contributed by atoms with Crippen LogP contribution in [0.25, 0.3) is 33.2 Å². The molecule has 0 radical (unpaired) electrons. The lowest BCUT2D eigenvalue weighted by Gasteiger charge is -2.27. The van der Waals surface area contributed by atoms with Gasteiger partial charge in [-0.3, -0.25) is 0 Å². The Morgan fingerprint density at radius 2 is 2.03 bits per heavy atom. The molecule has 0 amide bonds. The number of carbonyl (C=O) groups excluding carboxylic acids is 1. The van der Waals surface area contributed by atoms with E-state index in [4.69, 9.17) is 19.4 Å². The number of esters is 1. The largest absolute Gasteiger partial charge is 0.465 e. The Labute approximate surface area is 180 Å². The van der Waals surface area contributed by atoms with Gasteiger partial charge in [0.15, 0.2) is 5.82 Å². The average Bonchev–Trinajstić information content (AvgIpc) is 3.46. The molecule has 7 heteroatoms. The summed E-state index contributed by atoms with van der Waals surface area (Å²) in [4.78, 5) is 27.5. The van der Waals surface area contributed by atoms with Crippen molar-refractivity contribution in [2.45, 2.75) is 18.9 Å². The summed E-state index contributed by atoms with van der Waals surface area (Å²) in [6, 6.07) is 13.9. The maximum Gasteiger partial charge on any atom is 0.337 e. The average molecular weight is 416 g/mol. The third-order valence-electron chi connectivity index (χ3n) is 5.90. The molecule has 1 saturated heterocycles. The monoisotopic (exact) mass is 416 g/mol. The maximum absolute atomic E-state index is 12.0. The number of methoxy groups -OCH3 is 2. The van der Waals surface area contributed by atoms with E-state index in [0.29, 0.717) is 17.7 Å². The molecule has 2 aromatic carbocycles. The number of aromatic nitrogens is 3. The second-order valence-electron chi connectivity index (χ2n) is 7.82. The zero-order valence-corrected chi connectivity index (χ0v) is 17.6. The molecule has 7 nitrogen and oxygen atoms in total. The van der Waals surface area contributed by atoms with Crippen molar-refractivity contribution in [3.8, 4) is 11.3 Å². The lowest BCUT2D eigenvalue weighted by molar-refractivity contribution is 0.0601.